The van der Waals surface area contributed by atoms with E-state index >= 15 is 0 Å². The zero-order valence-corrected chi connectivity index (χ0v) is 17.6. The van der Waals surface area contributed by atoms with Crippen molar-refractivity contribution in [2.24, 2.45) is 4.99 Å². The highest BCUT2D eigenvalue weighted by atomic mass is 14.8. The molecule has 0 bridgehead atoms. The van der Waals surface area contributed by atoms with Crippen LogP contribution >= 0.6 is 0 Å². The van der Waals surface area contributed by atoms with E-state index < -0.39 is 0 Å². The molecular formula is C27H33N. The molecule has 0 amide bonds. The highest BCUT2D eigenvalue weighted by Crippen LogP contribution is 2.33. The molecule has 0 aliphatic heterocycles. The van der Waals surface area contributed by atoms with Gasteiger partial charge in [0.05, 0.1) is 6.04 Å². The maximum atomic E-state index is 4.87. The van der Waals surface area contributed by atoms with Gasteiger partial charge in [0.2, 0.25) is 0 Å². The molecule has 1 atom stereocenters. The van der Waals surface area contributed by atoms with Gasteiger partial charge in [-0.05, 0) is 74.8 Å². The van der Waals surface area contributed by atoms with E-state index in [4.69, 9.17) is 4.99 Å². The molecule has 1 nitrogen and oxygen atoms in total. The van der Waals surface area contributed by atoms with Gasteiger partial charge in [0, 0.05) is 6.21 Å². The van der Waals surface area contributed by atoms with Crippen LogP contribution in [0.3, 0.4) is 0 Å². The number of unbranched alkanes of at least 4 members (excludes halogenated alkanes) is 2. The van der Waals surface area contributed by atoms with Gasteiger partial charge in [-0.15, -0.1) is 0 Å². The summed E-state index contributed by atoms with van der Waals surface area (Å²) in [4.78, 5) is 4.87. The molecule has 0 N–H and O–H groups in total. The molecule has 1 heteroatoms. The fourth-order valence-electron chi connectivity index (χ4n) is 3.47. The molecule has 0 saturated heterocycles. The zero-order valence-electron chi connectivity index (χ0n) is 17.6. The van der Waals surface area contributed by atoms with Crippen LogP contribution in [0.15, 0.2) is 84.5 Å². The molecule has 0 spiro atoms. The lowest BCUT2D eigenvalue weighted by atomic mass is 9.89. The Morgan fingerprint density at radius 2 is 1.89 bits per heavy atom. The van der Waals surface area contributed by atoms with Crippen LogP contribution in [0.25, 0.3) is 5.57 Å². The summed E-state index contributed by atoms with van der Waals surface area (Å²) in [5.74, 6) is 0. The number of benzene rings is 1. The summed E-state index contributed by atoms with van der Waals surface area (Å²) < 4.78 is 0. The van der Waals surface area contributed by atoms with E-state index in [-0.39, 0.29) is 6.04 Å². The van der Waals surface area contributed by atoms with Crippen molar-refractivity contribution in [3.05, 3.63) is 102 Å². The summed E-state index contributed by atoms with van der Waals surface area (Å²) in [6, 6.07) is 4.60. The topological polar surface area (TPSA) is 12.4 Å². The number of aliphatic imine (C=N–C) groups is 1. The van der Waals surface area contributed by atoms with Gasteiger partial charge in [-0.2, -0.15) is 0 Å². The fraction of sp³-hybridized carbons (Fsp3) is 0.296. The minimum atomic E-state index is 0.107. The third-order valence-corrected chi connectivity index (χ3v) is 4.78. The predicted molar refractivity (Wildman–Crippen MR) is 126 cm³/mol. The smallest absolute Gasteiger partial charge is 0.0789 e. The van der Waals surface area contributed by atoms with Crippen LogP contribution in [0.2, 0.25) is 0 Å². The van der Waals surface area contributed by atoms with Crippen molar-refractivity contribution in [2.75, 3.05) is 0 Å². The van der Waals surface area contributed by atoms with Gasteiger partial charge in [-0.3, -0.25) is 4.99 Å². The lowest BCUT2D eigenvalue weighted by Crippen LogP contribution is -2.02. The molecule has 0 radical (unpaired) electrons. The molecule has 1 aliphatic carbocycles. The van der Waals surface area contributed by atoms with Gasteiger partial charge in [-0.1, -0.05) is 79.0 Å². The maximum Gasteiger partial charge on any atom is 0.0789 e. The quantitative estimate of drug-likeness (QED) is 0.201. The first-order chi connectivity index (χ1) is 13.6. The lowest BCUT2D eigenvalue weighted by Gasteiger charge is -2.19. The highest BCUT2D eigenvalue weighted by molar-refractivity contribution is 5.78. The number of fused-ring (bicyclic) bond motifs is 1. The van der Waals surface area contributed by atoms with E-state index in [2.05, 4.69) is 94.2 Å². The Kier molecular flexibility index (Phi) is 9.21. The summed E-state index contributed by atoms with van der Waals surface area (Å²) in [5, 5.41) is 0. The molecule has 2 rings (SSSR count). The Bertz CT molecular complexity index is 828. The zero-order chi connectivity index (χ0) is 20.2. The number of hydrogen-bond donors (Lipinski definition) is 0. The molecule has 1 unspecified atom stereocenters. The maximum absolute atomic E-state index is 4.87. The Labute approximate surface area is 171 Å². The first kappa shape index (κ1) is 21.6. The molecule has 28 heavy (non-hydrogen) atoms. The first-order valence-corrected chi connectivity index (χ1v) is 10.2. The minimum absolute atomic E-state index is 0.107. The summed E-state index contributed by atoms with van der Waals surface area (Å²) in [7, 11) is 0. The average Bonchev–Trinajstić information content (AvgIpc) is 2.73. The van der Waals surface area contributed by atoms with Crippen LogP contribution in [0.5, 0.6) is 0 Å². The molecule has 0 heterocycles. The van der Waals surface area contributed by atoms with Crippen LogP contribution in [-0.4, -0.2) is 6.21 Å². The van der Waals surface area contributed by atoms with Gasteiger partial charge >= 0.3 is 0 Å². The van der Waals surface area contributed by atoms with Crippen molar-refractivity contribution >= 4 is 11.8 Å². The average molecular weight is 372 g/mol. The second-order valence-electron chi connectivity index (χ2n) is 7.22. The minimum Gasteiger partial charge on any atom is -0.285 e. The lowest BCUT2D eigenvalue weighted by molar-refractivity contribution is 0.744. The van der Waals surface area contributed by atoms with Gasteiger partial charge < -0.3 is 0 Å². The standard InChI is InChI=1S/C27H33N/c1-5-6-7-8-9-10-11-12-16-19-28-26-18-15-13-14-17-23(3)27-24(4)20-22(2)21-25(26)27/h5-6,10-17,19-21,26H,3,7-9,18H2,1-2,4H3/b6-5-,11-10+,15-13-,16-12-,17-14-,28-19?. The van der Waals surface area contributed by atoms with Crippen molar-refractivity contribution in [1.82, 2.24) is 0 Å². The number of allylic oxidation sites excluding steroid dienone is 10. The number of hydrogen-bond acceptors (Lipinski definition) is 1. The molecular weight excluding hydrogens is 338 g/mol. The van der Waals surface area contributed by atoms with E-state index in [1.807, 2.05) is 12.3 Å². The van der Waals surface area contributed by atoms with Gasteiger partial charge in [0.15, 0.2) is 0 Å². The van der Waals surface area contributed by atoms with E-state index in [1.165, 1.54) is 28.7 Å². The number of rotatable bonds is 7. The van der Waals surface area contributed by atoms with Crippen LogP contribution in [0, 0.1) is 13.8 Å². The fourth-order valence-corrected chi connectivity index (χ4v) is 3.47. The second-order valence-corrected chi connectivity index (χ2v) is 7.22. The normalized spacial score (nSPS) is 20.0. The molecule has 146 valence electrons. The Hall–Kier alpha value is -2.67. The summed E-state index contributed by atoms with van der Waals surface area (Å²) in [5.41, 5.74) is 6.09. The van der Waals surface area contributed by atoms with Crippen LogP contribution < -0.4 is 0 Å². The Morgan fingerprint density at radius 1 is 1.07 bits per heavy atom. The molecule has 0 saturated carbocycles. The number of aryl methyl sites for hydroxylation is 2. The molecule has 0 fully saturated rings. The Morgan fingerprint density at radius 3 is 2.71 bits per heavy atom. The highest BCUT2D eigenvalue weighted by Gasteiger charge is 2.17. The molecule has 1 aromatic rings. The van der Waals surface area contributed by atoms with Crippen molar-refractivity contribution in [1.29, 1.82) is 0 Å². The third kappa shape index (κ3) is 6.81. The van der Waals surface area contributed by atoms with Gasteiger partial charge in [0.1, 0.15) is 0 Å². The van der Waals surface area contributed by atoms with Gasteiger partial charge in [-0.25, -0.2) is 0 Å². The van der Waals surface area contributed by atoms with Crippen molar-refractivity contribution in [3.8, 4) is 0 Å². The first-order valence-electron chi connectivity index (χ1n) is 10.2. The molecule has 1 aliphatic rings. The monoisotopic (exact) mass is 371 g/mol. The van der Waals surface area contributed by atoms with Gasteiger partial charge in [0.25, 0.3) is 0 Å². The summed E-state index contributed by atoms with van der Waals surface area (Å²) in [6.07, 6.45) is 27.5. The van der Waals surface area contributed by atoms with Crippen LogP contribution in [0.1, 0.15) is 60.9 Å². The summed E-state index contributed by atoms with van der Waals surface area (Å²) >= 11 is 0. The SMILES string of the molecule is C=C1/C=C\C=C/CC(N=C/C=C\C=C\CCC/C=C\C)c2cc(C)cc(C)c21. The van der Waals surface area contributed by atoms with E-state index in [1.54, 1.807) is 0 Å². The van der Waals surface area contributed by atoms with E-state index in [0.717, 1.165) is 24.8 Å². The Balaban J connectivity index is 2.11. The number of nitrogens with zero attached hydrogens (tertiary/aromatic N) is 1. The van der Waals surface area contributed by atoms with Crippen LogP contribution in [-0.2, 0) is 0 Å². The van der Waals surface area contributed by atoms with Crippen molar-refractivity contribution in [2.45, 2.75) is 52.5 Å². The predicted octanol–water partition coefficient (Wildman–Crippen LogP) is 7.80. The van der Waals surface area contributed by atoms with E-state index in [0.29, 0.717) is 0 Å². The van der Waals surface area contributed by atoms with E-state index in [9.17, 15) is 0 Å². The molecule has 1 aromatic carbocycles. The van der Waals surface area contributed by atoms with Crippen LogP contribution in [0.4, 0.5) is 0 Å². The largest absolute Gasteiger partial charge is 0.285 e. The third-order valence-electron chi connectivity index (χ3n) is 4.78. The van der Waals surface area contributed by atoms with Crippen molar-refractivity contribution < 1.29 is 0 Å². The molecule has 0 aromatic heterocycles. The second kappa shape index (κ2) is 11.9. The summed E-state index contributed by atoms with van der Waals surface area (Å²) in [6.45, 7) is 10.7. The van der Waals surface area contributed by atoms with Crippen molar-refractivity contribution in [3.63, 3.8) is 0 Å².